The maximum Gasteiger partial charge on any atom is 0.293 e. The van der Waals surface area contributed by atoms with Crippen LogP contribution in [-0.2, 0) is 11.5 Å². The summed E-state index contributed by atoms with van der Waals surface area (Å²) in [5, 5.41) is 0. The third-order valence-electron chi connectivity index (χ3n) is 3.16. The van der Waals surface area contributed by atoms with Gasteiger partial charge in [-0.3, -0.25) is 4.79 Å². The summed E-state index contributed by atoms with van der Waals surface area (Å²) in [4.78, 5) is 11.9. The van der Waals surface area contributed by atoms with Crippen molar-refractivity contribution in [2.45, 2.75) is 38.6 Å². The predicted molar refractivity (Wildman–Crippen MR) is 81.2 cm³/mol. The predicted octanol–water partition coefficient (Wildman–Crippen LogP) is 2.47. The van der Waals surface area contributed by atoms with Crippen molar-refractivity contribution in [1.29, 1.82) is 0 Å². The lowest BCUT2D eigenvalue weighted by Gasteiger charge is -2.29. The van der Waals surface area contributed by atoms with E-state index in [1.54, 1.807) is 24.3 Å². The maximum absolute atomic E-state index is 12.0. The number of benzene rings is 1. The fraction of sp³-hybridized carbons (Fsp3) is 0.400. The molecule has 0 saturated heterocycles. The van der Waals surface area contributed by atoms with Crippen molar-refractivity contribution in [3.63, 3.8) is 0 Å². The van der Waals surface area contributed by atoms with Gasteiger partial charge in [0.2, 0.25) is 0 Å². The minimum Gasteiger partial charge on any atom is -0.573 e. The van der Waals surface area contributed by atoms with Crippen molar-refractivity contribution in [3.8, 4) is 0 Å². The Balaban J connectivity index is 1.85. The Morgan fingerprint density at radius 3 is 2.55 bits per heavy atom. The van der Waals surface area contributed by atoms with Crippen LogP contribution in [-0.4, -0.2) is 16.0 Å². The van der Waals surface area contributed by atoms with Gasteiger partial charge in [0.05, 0.1) is 5.54 Å². The van der Waals surface area contributed by atoms with E-state index >= 15 is 0 Å². The smallest absolute Gasteiger partial charge is 0.293 e. The van der Waals surface area contributed by atoms with Gasteiger partial charge in [0, 0.05) is 5.56 Å². The Kier molecular flexibility index (Phi) is 4.86. The van der Waals surface area contributed by atoms with Gasteiger partial charge < -0.3 is 4.55 Å². The zero-order chi connectivity index (χ0) is 14.6. The lowest BCUT2D eigenvalue weighted by Crippen LogP contribution is -2.50. The van der Waals surface area contributed by atoms with E-state index in [0.717, 1.165) is 19.3 Å². The minimum absolute atomic E-state index is 0.304. The molecular formula is C15H20N2O2S. The molecule has 1 atom stereocenters. The number of nitrogens with one attached hydrogen (secondary N) is 2. The van der Waals surface area contributed by atoms with E-state index in [1.807, 2.05) is 19.9 Å². The quantitative estimate of drug-likeness (QED) is 0.625. The third-order valence-corrected chi connectivity index (χ3v) is 4.27. The number of hydrogen-bond acceptors (Lipinski definition) is 3. The van der Waals surface area contributed by atoms with Crippen LogP contribution in [0.4, 0.5) is 0 Å². The average molecular weight is 292 g/mol. The summed E-state index contributed by atoms with van der Waals surface area (Å²) in [7, 11) is 0. The number of carbonyl (C=O) groups is 1. The van der Waals surface area contributed by atoms with Gasteiger partial charge in [-0.15, -0.1) is 9.44 Å². The highest BCUT2D eigenvalue weighted by atomic mass is 32.2. The van der Waals surface area contributed by atoms with Crippen LogP contribution < -0.4 is 9.44 Å². The first-order valence-electron chi connectivity index (χ1n) is 6.70. The second-order valence-corrected chi connectivity index (χ2v) is 6.58. The molecule has 0 saturated carbocycles. The van der Waals surface area contributed by atoms with Crippen LogP contribution in [0.25, 0.3) is 0 Å². The highest BCUT2D eigenvalue weighted by molar-refractivity contribution is 7.88. The van der Waals surface area contributed by atoms with Gasteiger partial charge in [0.25, 0.3) is 5.91 Å². The standard InChI is InChI=1S/C15H20N2O2S/c1-15(2,11-12-7-6-8-12)17-20(19)16-14(18)13-9-4-3-5-10-13/h3-5,7,9-10,17H,6,8,11H2,1-2H3,(H,16,18). The van der Waals surface area contributed by atoms with Crippen LogP contribution in [0.1, 0.15) is 43.5 Å². The van der Waals surface area contributed by atoms with Crippen molar-refractivity contribution in [3.05, 3.63) is 47.5 Å². The zero-order valence-corrected chi connectivity index (χ0v) is 12.6. The van der Waals surface area contributed by atoms with E-state index in [0.29, 0.717) is 5.56 Å². The summed E-state index contributed by atoms with van der Waals surface area (Å²) in [6, 6.07) is 8.77. The van der Waals surface area contributed by atoms with Gasteiger partial charge in [0.1, 0.15) is 0 Å². The molecule has 1 amide bonds. The highest BCUT2D eigenvalue weighted by Crippen LogP contribution is 2.27. The number of carbonyl (C=O) groups excluding carboxylic acids is 1. The Morgan fingerprint density at radius 1 is 1.35 bits per heavy atom. The molecule has 20 heavy (non-hydrogen) atoms. The van der Waals surface area contributed by atoms with E-state index in [9.17, 15) is 9.35 Å². The van der Waals surface area contributed by atoms with Crippen molar-refractivity contribution < 1.29 is 9.35 Å². The molecule has 1 aromatic rings. The van der Waals surface area contributed by atoms with Crippen LogP contribution >= 0.6 is 0 Å². The fourth-order valence-electron chi connectivity index (χ4n) is 2.12. The van der Waals surface area contributed by atoms with E-state index in [4.69, 9.17) is 0 Å². The van der Waals surface area contributed by atoms with Crippen LogP contribution in [0, 0.1) is 0 Å². The van der Waals surface area contributed by atoms with E-state index in [1.165, 1.54) is 5.57 Å². The lowest BCUT2D eigenvalue weighted by atomic mass is 9.87. The molecule has 5 heteroatoms. The Bertz CT molecular complexity index is 500. The first-order chi connectivity index (χ1) is 9.46. The number of allylic oxidation sites excluding steroid dienone is 1. The first kappa shape index (κ1) is 15.1. The molecule has 4 nitrogen and oxygen atoms in total. The van der Waals surface area contributed by atoms with Gasteiger partial charge in [0.15, 0.2) is 11.5 Å². The molecule has 0 radical (unpaired) electrons. The van der Waals surface area contributed by atoms with Crippen LogP contribution in [0.15, 0.2) is 42.0 Å². The van der Waals surface area contributed by atoms with Crippen LogP contribution in [0.2, 0.25) is 0 Å². The molecule has 0 bridgehead atoms. The first-order valence-corrected chi connectivity index (χ1v) is 7.85. The molecule has 1 aromatic carbocycles. The lowest BCUT2D eigenvalue weighted by molar-refractivity contribution is 0.0980. The van der Waals surface area contributed by atoms with Gasteiger partial charge in [-0.1, -0.05) is 29.8 Å². The summed E-state index contributed by atoms with van der Waals surface area (Å²) >= 11 is -1.59. The number of amides is 1. The summed E-state index contributed by atoms with van der Waals surface area (Å²) in [6.07, 6.45) is 5.31. The van der Waals surface area contributed by atoms with Gasteiger partial charge in [-0.2, -0.15) is 0 Å². The Morgan fingerprint density at radius 2 is 2.00 bits per heavy atom. The summed E-state index contributed by atoms with van der Waals surface area (Å²) < 4.78 is 17.4. The van der Waals surface area contributed by atoms with E-state index < -0.39 is 11.5 Å². The van der Waals surface area contributed by atoms with Crippen molar-refractivity contribution >= 4 is 17.5 Å². The van der Waals surface area contributed by atoms with Crippen molar-refractivity contribution in [2.75, 3.05) is 0 Å². The Hall–Kier alpha value is -1.30. The molecule has 0 aliphatic heterocycles. The molecule has 0 aromatic heterocycles. The molecule has 0 fully saturated rings. The van der Waals surface area contributed by atoms with Crippen molar-refractivity contribution in [1.82, 2.24) is 9.44 Å². The second kappa shape index (κ2) is 6.43. The molecule has 0 heterocycles. The normalized spacial score (nSPS) is 16.1. The van der Waals surface area contributed by atoms with Crippen LogP contribution in [0.3, 0.4) is 0 Å². The molecule has 1 unspecified atom stereocenters. The molecule has 1 aliphatic carbocycles. The monoisotopic (exact) mass is 292 g/mol. The minimum atomic E-state index is -1.59. The maximum atomic E-state index is 12.0. The summed E-state index contributed by atoms with van der Waals surface area (Å²) in [5.74, 6) is -0.338. The van der Waals surface area contributed by atoms with E-state index in [-0.39, 0.29) is 11.4 Å². The second-order valence-electron chi connectivity index (χ2n) is 5.63. The van der Waals surface area contributed by atoms with E-state index in [2.05, 4.69) is 15.5 Å². The summed E-state index contributed by atoms with van der Waals surface area (Å²) in [5.41, 5.74) is 1.58. The average Bonchev–Trinajstić information content (AvgIpc) is 2.34. The topological polar surface area (TPSA) is 64.2 Å². The molecule has 2 N–H and O–H groups in total. The SMILES string of the molecule is CC(C)(CC1=CCC1)N[S+]([O-])NC(=O)c1ccccc1. The molecule has 108 valence electrons. The summed E-state index contributed by atoms with van der Waals surface area (Å²) in [6.45, 7) is 3.97. The fourth-order valence-corrected chi connectivity index (χ4v) is 3.03. The molecule has 2 rings (SSSR count). The third kappa shape index (κ3) is 4.37. The number of hydrogen-bond donors (Lipinski definition) is 2. The van der Waals surface area contributed by atoms with Gasteiger partial charge >= 0.3 is 0 Å². The largest absolute Gasteiger partial charge is 0.573 e. The molecule has 0 spiro atoms. The number of rotatable bonds is 6. The highest BCUT2D eigenvalue weighted by Gasteiger charge is 2.28. The van der Waals surface area contributed by atoms with Crippen LogP contribution in [0.5, 0.6) is 0 Å². The molecule has 1 aliphatic rings. The van der Waals surface area contributed by atoms with Crippen molar-refractivity contribution in [2.24, 2.45) is 0 Å². The Labute approximate surface area is 123 Å². The molecular weight excluding hydrogens is 272 g/mol. The zero-order valence-electron chi connectivity index (χ0n) is 11.8. The van der Waals surface area contributed by atoms with Gasteiger partial charge in [-0.05, 0) is 45.2 Å². The van der Waals surface area contributed by atoms with Gasteiger partial charge in [-0.25, -0.2) is 0 Å².